The van der Waals surface area contributed by atoms with Gasteiger partial charge in [-0.1, -0.05) is 44.7 Å². The summed E-state index contributed by atoms with van der Waals surface area (Å²) in [6.45, 7) is 2.07. The smallest absolute Gasteiger partial charge is 0.407 e. The predicted molar refractivity (Wildman–Crippen MR) is 269 cm³/mol. The molecule has 2 aliphatic rings. The minimum Gasteiger partial charge on any atom is -0.453 e. The first-order chi connectivity index (χ1) is 36.4. The van der Waals surface area contributed by atoms with Crippen molar-refractivity contribution in [2.24, 2.45) is 10.8 Å². The zero-order chi connectivity index (χ0) is 57.7. The first-order valence-corrected chi connectivity index (χ1v) is 26.2. The minimum absolute atomic E-state index is 0.149. The Morgan fingerprint density at radius 1 is 0.885 bits per heavy atom. The van der Waals surface area contributed by atoms with Crippen molar-refractivity contribution in [3.05, 3.63) is 101 Å². The van der Waals surface area contributed by atoms with Crippen LogP contribution in [0.1, 0.15) is 76.3 Å². The Labute approximate surface area is 446 Å². The van der Waals surface area contributed by atoms with Gasteiger partial charge in [0.25, 0.3) is 5.91 Å². The van der Waals surface area contributed by atoms with E-state index < -0.39 is 112 Å². The molecular weight excluding hydrogens is 1060 g/mol. The van der Waals surface area contributed by atoms with Gasteiger partial charge in [0.1, 0.15) is 23.5 Å². The van der Waals surface area contributed by atoms with E-state index in [2.05, 4.69) is 42.7 Å². The quantitative estimate of drug-likeness (QED) is 0.0463. The number of alkyl halides is 5. The number of aliphatic hydroxyl groups is 1. The predicted octanol–water partition coefficient (Wildman–Crippen LogP) is 5.64. The fraction of sp³-hybridized carbons (Fsp3) is 0.490. The van der Waals surface area contributed by atoms with Crippen LogP contribution in [-0.2, 0) is 42.1 Å². The van der Waals surface area contributed by atoms with Crippen LogP contribution >= 0.6 is 0 Å². The summed E-state index contributed by atoms with van der Waals surface area (Å²) in [6.07, 6.45) is -6.26. The number of benzene rings is 2. The van der Waals surface area contributed by atoms with Gasteiger partial charge in [0.2, 0.25) is 15.9 Å². The Morgan fingerprint density at radius 2 is 1.49 bits per heavy atom. The van der Waals surface area contributed by atoms with Crippen molar-refractivity contribution in [3.8, 4) is 23.1 Å². The number of amides is 4. The van der Waals surface area contributed by atoms with E-state index in [1.54, 1.807) is 46.9 Å². The maximum absolute atomic E-state index is 16.0. The average Bonchev–Trinajstić information content (AvgIpc) is 4.04. The van der Waals surface area contributed by atoms with Crippen molar-refractivity contribution < 1.29 is 72.9 Å². The van der Waals surface area contributed by atoms with Crippen LogP contribution in [-0.4, -0.2) is 144 Å². The van der Waals surface area contributed by atoms with Gasteiger partial charge >= 0.3 is 24.9 Å². The summed E-state index contributed by atoms with van der Waals surface area (Å²) in [5, 5.41) is 23.1. The molecule has 0 saturated carbocycles. The number of hydrogen-bond donors (Lipinski definition) is 5. The monoisotopic (exact) mass is 1120 g/mol. The Morgan fingerprint density at radius 3 is 2.00 bits per heavy atom. The molecule has 5 N–H and O–H groups in total. The van der Waals surface area contributed by atoms with Crippen LogP contribution in [0, 0.1) is 34.3 Å². The number of carbonyl (C=O) groups is 4. The number of aromatic nitrogens is 3. The molecule has 27 heteroatoms. The number of fused-ring (bicyclic) bond motifs is 2. The van der Waals surface area contributed by atoms with Gasteiger partial charge in [0.15, 0.2) is 6.10 Å². The second-order valence-electron chi connectivity index (χ2n) is 20.5. The normalized spacial score (nSPS) is 17.6. The summed E-state index contributed by atoms with van der Waals surface area (Å²) < 4.78 is 139. The van der Waals surface area contributed by atoms with Gasteiger partial charge in [0, 0.05) is 85.4 Å². The second-order valence-corrected chi connectivity index (χ2v) is 22.4. The van der Waals surface area contributed by atoms with E-state index >= 15 is 8.78 Å². The fourth-order valence-corrected chi connectivity index (χ4v) is 10.5. The standard InChI is InChI=1S/C51H61F7N10O9S/c1-49(2,3)43(77-47(72)59-6)45(71)64-66(27-35-36(52)22-32(23-37(35)53)38-19-20-67(63-38)46(54)55)28-40(69)39(61-44(70)42(62-48(73)76-7)50(4,5)51(56,57)58)21-30-12-9-29(10-13-30)11-14-31-15-18-41(60-24-31)65-25-33-16-17-34(26-65)68(33)78(8,74)75/h9-10,12-13,15,18-20,22-24,33-34,39-40,42-43,46,69H,16-17,21,25-28H2,1-8H3,(H,59,72)(H,61,70)(H,62,73)(H,64,71)/t33-,34-,39-,40-,42+,43+/m0/s1. The first kappa shape index (κ1) is 60.2. The number of pyridine rings is 1. The van der Waals surface area contributed by atoms with Gasteiger partial charge < -0.3 is 35.4 Å². The average molecular weight is 1120 g/mol. The number of carbonyl (C=O) groups excluding carboxylic acids is 4. The van der Waals surface area contributed by atoms with Crippen LogP contribution < -0.4 is 26.3 Å². The number of aliphatic hydroxyl groups excluding tert-OH is 1. The molecule has 2 aromatic carbocycles. The van der Waals surface area contributed by atoms with E-state index in [0.29, 0.717) is 49.4 Å². The zero-order valence-corrected chi connectivity index (χ0v) is 44.6. The van der Waals surface area contributed by atoms with Crippen LogP contribution in [0.4, 0.5) is 46.1 Å². The fourth-order valence-electron chi connectivity index (χ4n) is 9.03. The molecule has 4 heterocycles. The lowest BCUT2D eigenvalue weighted by Crippen LogP contribution is -2.62. The van der Waals surface area contributed by atoms with Crippen molar-refractivity contribution >= 4 is 39.8 Å². The maximum Gasteiger partial charge on any atom is 0.407 e. The number of alkyl carbamates (subject to hydrolysis) is 2. The molecule has 0 aliphatic carbocycles. The molecule has 2 saturated heterocycles. The number of anilines is 1. The molecule has 2 fully saturated rings. The summed E-state index contributed by atoms with van der Waals surface area (Å²) in [5.41, 5.74) is -1.51. The van der Waals surface area contributed by atoms with E-state index in [1.807, 2.05) is 10.2 Å². The number of nitrogens with zero attached hydrogens (tertiary/aromatic N) is 6. The van der Waals surface area contributed by atoms with Gasteiger partial charge in [-0.25, -0.2) is 41.5 Å². The molecule has 6 atom stereocenters. The van der Waals surface area contributed by atoms with E-state index in [-0.39, 0.29) is 34.4 Å². The zero-order valence-electron chi connectivity index (χ0n) is 43.8. The molecule has 4 aromatic rings. The summed E-state index contributed by atoms with van der Waals surface area (Å²) in [4.78, 5) is 59.5. The summed E-state index contributed by atoms with van der Waals surface area (Å²) in [5.74, 6) is 1.65. The number of rotatable bonds is 18. The van der Waals surface area contributed by atoms with E-state index in [9.17, 15) is 54.7 Å². The molecule has 4 amide bonds. The molecule has 424 valence electrons. The highest BCUT2D eigenvalue weighted by Crippen LogP contribution is 2.41. The summed E-state index contributed by atoms with van der Waals surface area (Å²) >= 11 is 0. The highest BCUT2D eigenvalue weighted by atomic mass is 32.2. The van der Waals surface area contributed by atoms with Crippen molar-refractivity contribution in [3.63, 3.8) is 0 Å². The summed E-state index contributed by atoms with van der Waals surface area (Å²) in [7, 11) is -1.27. The Bertz CT molecular complexity index is 2950. The van der Waals surface area contributed by atoms with Crippen LogP contribution in [0.2, 0.25) is 0 Å². The largest absolute Gasteiger partial charge is 0.453 e. The third-order valence-electron chi connectivity index (χ3n) is 13.3. The second kappa shape index (κ2) is 24.3. The number of sulfonamides is 1. The molecule has 0 unspecified atom stereocenters. The van der Waals surface area contributed by atoms with Crippen molar-refractivity contribution in [1.29, 1.82) is 0 Å². The van der Waals surface area contributed by atoms with Gasteiger partial charge in [-0.3, -0.25) is 15.0 Å². The molecule has 78 heavy (non-hydrogen) atoms. The Kier molecular flexibility index (Phi) is 18.8. The number of nitrogens with one attached hydrogen (secondary N) is 4. The molecule has 0 radical (unpaired) electrons. The van der Waals surface area contributed by atoms with E-state index in [4.69, 9.17) is 4.74 Å². The molecule has 0 spiro atoms. The highest BCUT2D eigenvalue weighted by molar-refractivity contribution is 7.88. The van der Waals surface area contributed by atoms with Crippen LogP contribution in [0.3, 0.4) is 0 Å². The van der Waals surface area contributed by atoms with Gasteiger partial charge in [-0.2, -0.15) is 31.4 Å². The number of methoxy groups -OCH3 is 1. The SMILES string of the molecule is CNC(=O)O[C@H](C(=O)NN(Cc1c(F)cc(-c2ccn(C(F)F)n2)cc1F)C[C@H](O)[C@H](Cc1ccc(C#Cc2ccc(N3C[C@@H]4CC[C@@H](C3)N4S(C)(=O)=O)nc2)cc1)NC(=O)[C@@H](NC(=O)OC)C(C)(C)C(F)(F)F)C(C)(C)C. The lowest BCUT2D eigenvalue weighted by molar-refractivity contribution is -0.220. The molecule has 2 bridgehead atoms. The van der Waals surface area contributed by atoms with E-state index in [1.165, 1.54) is 34.1 Å². The number of halogens is 7. The lowest BCUT2D eigenvalue weighted by Gasteiger charge is -2.40. The van der Waals surface area contributed by atoms with Crippen LogP contribution in [0.5, 0.6) is 0 Å². The highest BCUT2D eigenvalue weighted by Gasteiger charge is 2.56. The Hall–Kier alpha value is -7.02. The van der Waals surface area contributed by atoms with Gasteiger partial charge in [0.05, 0.1) is 36.6 Å². The number of hydrazine groups is 1. The lowest BCUT2D eigenvalue weighted by atomic mass is 9.82. The van der Waals surface area contributed by atoms with Crippen LogP contribution in [0.25, 0.3) is 11.3 Å². The molecule has 6 rings (SSSR count). The van der Waals surface area contributed by atoms with Crippen molar-refractivity contribution in [1.82, 2.24) is 45.5 Å². The maximum atomic E-state index is 16.0. The number of ether oxygens (including phenoxy) is 2. The molecule has 2 aliphatic heterocycles. The topological polar surface area (TPSA) is 230 Å². The third-order valence-corrected chi connectivity index (χ3v) is 14.7. The van der Waals surface area contributed by atoms with Crippen LogP contribution in [0.15, 0.2) is 67.0 Å². The minimum atomic E-state index is -5.11. The summed E-state index contributed by atoms with van der Waals surface area (Å²) in [6, 6.07) is 8.20. The van der Waals surface area contributed by atoms with Crippen molar-refractivity contribution in [2.45, 2.75) is 110 Å². The Balaban J connectivity index is 1.30. The molecule has 19 nitrogen and oxygen atoms in total. The van der Waals surface area contributed by atoms with Crippen molar-refractivity contribution in [2.75, 3.05) is 44.9 Å². The van der Waals surface area contributed by atoms with Gasteiger partial charge in [-0.05, 0) is 81.1 Å². The molecular formula is C51H61F7N10O9S. The van der Waals surface area contributed by atoms with Gasteiger partial charge in [-0.15, -0.1) is 0 Å². The molecule has 2 aromatic heterocycles. The number of piperazine rings is 1. The third kappa shape index (κ3) is 14.8. The number of hydrogen-bond acceptors (Lipinski definition) is 13. The van der Waals surface area contributed by atoms with E-state index in [0.717, 1.165) is 49.4 Å². The first-order valence-electron chi connectivity index (χ1n) is 24.4.